The minimum absolute atomic E-state index is 0.00354. The van der Waals surface area contributed by atoms with Crippen molar-refractivity contribution in [2.75, 3.05) is 44.3 Å². The molecule has 5 rings (SSSR count). The van der Waals surface area contributed by atoms with Crippen LogP contribution in [0.1, 0.15) is 29.2 Å². The highest BCUT2D eigenvalue weighted by atomic mass is 35.5. The number of fused-ring (bicyclic) bond motifs is 1. The summed E-state index contributed by atoms with van der Waals surface area (Å²) in [7, 11) is 0. The molecule has 4 heterocycles. The molecular weight excluding hydrogens is 402 g/mol. The molecule has 8 heteroatoms. The van der Waals surface area contributed by atoms with Gasteiger partial charge in [-0.3, -0.25) is 4.79 Å². The van der Waals surface area contributed by atoms with E-state index in [9.17, 15) is 4.79 Å². The number of imidazole rings is 1. The van der Waals surface area contributed by atoms with Gasteiger partial charge in [0.05, 0.1) is 22.6 Å². The van der Waals surface area contributed by atoms with Gasteiger partial charge >= 0.3 is 0 Å². The number of hydrogen-bond donors (Lipinski definition) is 0. The fraction of sp³-hybridized carbons (Fsp3) is 0.409. The maximum atomic E-state index is 13.1. The van der Waals surface area contributed by atoms with Crippen molar-refractivity contribution in [3.8, 4) is 0 Å². The molecule has 0 saturated carbocycles. The monoisotopic (exact) mass is 425 g/mol. The molecule has 0 bridgehead atoms. The van der Waals surface area contributed by atoms with Gasteiger partial charge in [0.2, 0.25) is 0 Å². The number of halogens is 1. The van der Waals surface area contributed by atoms with E-state index in [2.05, 4.69) is 19.4 Å². The summed E-state index contributed by atoms with van der Waals surface area (Å²) in [6.45, 7) is 4.34. The first-order valence-electron chi connectivity index (χ1n) is 10.4. The van der Waals surface area contributed by atoms with E-state index in [4.69, 9.17) is 16.3 Å². The minimum atomic E-state index is 0.00354. The zero-order valence-electron chi connectivity index (χ0n) is 16.7. The Morgan fingerprint density at radius 1 is 1.07 bits per heavy atom. The highest BCUT2D eigenvalue weighted by Gasteiger charge is 2.25. The molecule has 1 aromatic carbocycles. The first kappa shape index (κ1) is 19.3. The molecule has 2 aliphatic heterocycles. The second-order valence-electron chi connectivity index (χ2n) is 7.79. The number of para-hydroxylation sites is 1. The van der Waals surface area contributed by atoms with Crippen LogP contribution in [0.4, 0.5) is 5.69 Å². The van der Waals surface area contributed by atoms with Gasteiger partial charge < -0.3 is 19.1 Å². The topological polar surface area (TPSA) is 63.5 Å². The molecule has 2 fully saturated rings. The summed E-state index contributed by atoms with van der Waals surface area (Å²) in [5, 5.41) is 0.743. The Bertz CT molecular complexity index is 1050. The summed E-state index contributed by atoms with van der Waals surface area (Å²) in [5.41, 5.74) is 3.21. The van der Waals surface area contributed by atoms with Crippen molar-refractivity contribution < 1.29 is 9.53 Å². The molecule has 2 aromatic heterocycles. The van der Waals surface area contributed by atoms with Crippen LogP contribution in [0.2, 0.25) is 5.02 Å². The standard InChI is InChI=1S/C22H24ClN5O2/c23-18-3-1-2-4-20(18)26-7-9-27(10-8-26)22(29)16-13-19-21(24-14-16)28(15-25-19)17-5-11-30-12-6-17/h1-4,13-15,17H,5-12H2. The maximum Gasteiger partial charge on any atom is 0.255 e. The van der Waals surface area contributed by atoms with Crippen LogP contribution in [0, 0.1) is 0 Å². The number of aromatic nitrogens is 3. The number of benzene rings is 1. The quantitative estimate of drug-likeness (QED) is 0.643. The van der Waals surface area contributed by atoms with Crippen molar-refractivity contribution in [2.24, 2.45) is 0 Å². The summed E-state index contributed by atoms with van der Waals surface area (Å²) in [5.74, 6) is 0.00354. The van der Waals surface area contributed by atoms with Gasteiger partial charge in [-0.15, -0.1) is 0 Å². The molecule has 0 unspecified atom stereocenters. The van der Waals surface area contributed by atoms with Crippen LogP contribution in [0.15, 0.2) is 42.9 Å². The number of ether oxygens (including phenoxy) is 1. The van der Waals surface area contributed by atoms with Crippen LogP contribution in [-0.4, -0.2) is 64.7 Å². The summed E-state index contributed by atoms with van der Waals surface area (Å²) in [4.78, 5) is 26.3. The van der Waals surface area contributed by atoms with Crippen LogP contribution in [0.3, 0.4) is 0 Å². The van der Waals surface area contributed by atoms with Gasteiger partial charge in [0.1, 0.15) is 5.52 Å². The minimum Gasteiger partial charge on any atom is -0.381 e. The second kappa shape index (κ2) is 8.24. The van der Waals surface area contributed by atoms with Gasteiger partial charge in [0.15, 0.2) is 5.65 Å². The van der Waals surface area contributed by atoms with Crippen LogP contribution in [-0.2, 0) is 4.74 Å². The molecule has 0 spiro atoms. The molecule has 0 aliphatic carbocycles. The number of anilines is 1. The van der Waals surface area contributed by atoms with E-state index in [0.717, 1.165) is 61.0 Å². The first-order chi connectivity index (χ1) is 14.7. The first-order valence-corrected chi connectivity index (χ1v) is 10.8. The van der Waals surface area contributed by atoms with Crippen LogP contribution >= 0.6 is 11.6 Å². The normalized spacial score (nSPS) is 18.2. The number of pyridine rings is 1. The van der Waals surface area contributed by atoms with Crippen LogP contribution in [0.5, 0.6) is 0 Å². The van der Waals surface area contributed by atoms with Gasteiger partial charge in [-0.1, -0.05) is 23.7 Å². The van der Waals surface area contributed by atoms with Crippen molar-refractivity contribution in [3.63, 3.8) is 0 Å². The van der Waals surface area contributed by atoms with Crippen molar-refractivity contribution in [1.82, 2.24) is 19.4 Å². The lowest BCUT2D eigenvalue weighted by Crippen LogP contribution is -2.48. The molecule has 156 valence electrons. The van der Waals surface area contributed by atoms with E-state index in [1.54, 1.807) is 6.20 Å². The number of carbonyl (C=O) groups is 1. The predicted octanol–water partition coefficient (Wildman–Crippen LogP) is 3.40. The molecule has 3 aromatic rings. The lowest BCUT2D eigenvalue weighted by Gasteiger charge is -2.36. The number of rotatable bonds is 3. The van der Waals surface area contributed by atoms with Gasteiger partial charge in [-0.25, -0.2) is 9.97 Å². The summed E-state index contributed by atoms with van der Waals surface area (Å²) < 4.78 is 7.57. The number of hydrogen-bond acceptors (Lipinski definition) is 5. The van der Waals surface area contributed by atoms with E-state index >= 15 is 0 Å². The molecular formula is C22H24ClN5O2. The average Bonchev–Trinajstić information content (AvgIpc) is 3.23. The number of piperazine rings is 1. The van der Waals surface area contributed by atoms with Gasteiger partial charge in [-0.05, 0) is 31.0 Å². The van der Waals surface area contributed by atoms with Gasteiger partial charge in [-0.2, -0.15) is 0 Å². The van der Waals surface area contributed by atoms with Crippen molar-refractivity contribution in [1.29, 1.82) is 0 Å². The Labute approximate surface area is 180 Å². The van der Waals surface area contributed by atoms with E-state index < -0.39 is 0 Å². The number of carbonyl (C=O) groups excluding carboxylic acids is 1. The molecule has 7 nitrogen and oxygen atoms in total. The number of nitrogens with zero attached hydrogens (tertiary/aromatic N) is 5. The lowest BCUT2D eigenvalue weighted by atomic mass is 10.1. The highest BCUT2D eigenvalue weighted by Crippen LogP contribution is 2.27. The average molecular weight is 426 g/mol. The SMILES string of the molecule is O=C(c1cnc2c(c1)ncn2C1CCOCC1)N1CCN(c2ccccc2Cl)CC1. The molecule has 0 radical (unpaired) electrons. The third-order valence-corrected chi connectivity index (χ3v) is 6.32. The van der Waals surface area contributed by atoms with Crippen LogP contribution < -0.4 is 4.90 Å². The third kappa shape index (κ3) is 3.63. The Morgan fingerprint density at radius 2 is 1.83 bits per heavy atom. The smallest absolute Gasteiger partial charge is 0.255 e. The van der Waals surface area contributed by atoms with Crippen LogP contribution in [0.25, 0.3) is 11.2 Å². The Balaban J connectivity index is 1.29. The highest BCUT2D eigenvalue weighted by molar-refractivity contribution is 6.33. The van der Waals surface area contributed by atoms with Crippen molar-refractivity contribution in [2.45, 2.75) is 18.9 Å². The summed E-state index contributed by atoms with van der Waals surface area (Å²) >= 11 is 6.32. The zero-order chi connectivity index (χ0) is 20.5. The van der Waals surface area contributed by atoms with E-state index in [-0.39, 0.29) is 5.91 Å². The Morgan fingerprint density at radius 3 is 2.60 bits per heavy atom. The summed E-state index contributed by atoms with van der Waals surface area (Å²) in [6, 6.07) is 10.1. The fourth-order valence-electron chi connectivity index (χ4n) is 4.31. The van der Waals surface area contributed by atoms with Crippen molar-refractivity contribution in [3.05, 3.63) is 53.4 Å². The molecule has 0 atom stereocenters. The third-order valence-electron chi connectivity index (χ3n) is 6.00. The molecule has 1 amide bonds. The van der Waals surface area contributed by atoms with Gasteiger partial charge in [0, 0.05) is 51.6 Å². The fourth-order valence-corrected chi connectivity index (χ4v) is 4.56. The largest absolute Gasteiger partial charge is 0.381 e. The van der Waals surface area contributed by atoms with E-state index in [1.165, 1.54) is 0 Å². The Kier molecular flexibility index (Phi) is 5.31. The van der Waals surface area contributed by atoms with E-state index in [0.29, 0.717) is 24.7 Å². The predicted molar refractivity (Wildman–Crippen MR) is 116 cm³/mol. The Hall–Kier alpha value is -2.64. The zero-order valence-corrected chi connectivity index (χ0v) is 17.5. The molecule has 30 heavy (non-hydrogen) atoms. The van der Waals surface area contributed by atoms with Crippen molar-refractivity contribution >= 4 is 34.4 Å². The summed E-state index contributed by atoms with van der Waals surface area (Å²) in [6.07, 6.45) is 5.44. The molecule has 2 saturated heterocycles. The second-order valence-corrected chi connectivity index (χ2v) is 8.20. The maximum absolute atomic E-state index is 13.1. The molecule has 2 aliphatic rings. The van der Waals surface area contributed by atoms with Gasteiger partial charge in [0.25, 0.3) is 5.91 Å². The molecule has 0 N–H and O–H groups in total. The number of amides is 1. The van der Waals surface area contributed by atoms with E-state index in [1.807, 2.05) is 41.6 Å². The lowest BCUT2D eigenvalue weighted by molar-refractivity contribution is 0.0704.